The normalized spacial score (nSPS) is 35.4. The fraction of sp³-hybridized carbons (Fsp3) is 1.00. The van der Waals surface area contributed by atoms with Crippen molar-refractivity contribution in [3.63, 3.8) is 0 Å². The Labute approximate surface area is 128 Å². The second-order valence-corrected chi connectivity index (χ2v) is 7.89. The van der Waals surface area contributed by atoms with Crippen molar-refractivity contribution in [1.29, 1.82) is 0 Å². The Balaban J connectivity index is 1.62. The number of ether oxygens (including phenoxy) is 2. The molecule has 2 atom stereocenters. The van der Waals surface area contributed by atoms with E-state index in [1.54, 1.807) is 0 Å². The van der Waals surface area contributed by atoms with E-state index in [0.717, 1.165) is 32.1 Å². The quantitative estimate of drug-likeness (QED) is 0.822. The summed E-state index contributed by atoms with van der Waals surface area (Å²) < 4.78 is 12.4. The molecule has 21 heavy (non-hydrogen) atoms. The van der Waals surface area contributed by atoms with Crippen LogP contribution >= 0.6 is 0 Å². The lowest BCUT2D eigenvalue weighted by Gasteiger charge is -2.52. The van der Waals surface area contributed by atoms with Gasteiger partial charge in [0.15, 0.2) is 5.79 Å². The molecule has 0 aromatic carbocycles. The third-order valence-corrected chi connectivity index (χ3v) is 5.29. The van der Waals surface area contributed by atoms with Gasteiger partial charge in [0, 0.05) is 18.9 Å². The molecule has 0 bridgehead atoms. The van der Waals surface area contributed by atoms with Crippen LogP contribution < -0.4 is 5.32 Å². The summed E-state index contributed by atoms with van der Waals surface area (Å²) in [7, 11) is 0. The van der Waals surface area contributed by atoms with Crippen LogP contribution in [0.4, 0.5) is 0 Å². The van der Waals surface area contributed by atoms with Crippen LogP contribution in [0.2, 0.25) is 0 Å². The molecule has 2 aliphatic heterocycles. The molecule has 0 aromatic heterocycles. The lowest BCUT2D eigenvalue weighted by molar-refractivity contribution is -0.308. The molecule has 4 nitrogen and oxygen atoms in total. The number of piperidine rings is 1. The first-order chi connectivity index (χ1) is 10.0. The molecule has 0 unspecified atom stereocenters. The Morgan fingerprint density at radius 1 is 1.14 bits per heavy atom. The largest absolute Gasteiger partial charge is 0.393 e. The van der Waals surface area contributed by atoms with E-state index in [-0.39, 0.29) is 17.4 Å². The van der Waals surface area contributed by atoms with Crippen molar-refractivity contribution in [2.24, 2.45) is 5.92 Å². The maximum absolute atomic E-state index is 10.3. The van der Waals surface area contributed by atoms with Crippen LogP contribution in [0.5, 0.6) is 0 Å². The third-order valence-electron chi connectivity index (χ3n) is 5.29. The van der Waals surface area contributed by atoms with Crippen LogP contribution in [0, 0.1) is 5.92 Å². The van der Waals surface area contributed by atoms with Crippen molar-refractivity contribution in [1.82, 2.24) is 5.32 Å². The van der Waals surface area contributed by atoms with Crippen LogP contribution in [0.25, 0.3) is 0 Å². The molecule has 1 aliphatic carbocycles. The van der Waals surface area contributed by atoms with Crippen molar-refractivity contribution in [3.05, 3.63) is 0 Å². The lowest BCUT2D eigenvalue weighted by Crippen LogP contribution is -2.67. The van der Waals surface area contributed by atoms with E-state index in [1.165, 1.54) is 19.3 Å². The van der Waals surface area contributed by atoms with Gasteiger partial charge in [-0.25, -0.2) is 0 Å². The summed E-state index contributed by atoms with van der Waals surface area (Å²) in [5.74, 6) is 0.321. The van der Waals surface area contributed by atoms with Gasteiger partial charge in [0.2, 0.25) is 0 Å². The molecule has 0 radical (unpaired) electrons. The Morgan fingerprint density at radius 3 is 2.43 bits per heavy atom. The summed E-state index contributed by atoms with van der Waals surface area (Å²) in [6.45, 7) is 5.83. The minimum atomic E-state index is -0.318. The highest BCUT2D eigenvalue weighted by molar-refractivity contribution is 5.01. The lowest BCUT2D eigenvalue weighted by atomic mass is 9.81. The molecule has 3 fully saturated rings. The number of rotatable bonds is 2. The number of aliphatic hydroxyl groups is 1. The van der Waals surface area contributed by atoms with Gasteiger partial charge in [0.05, 0.1) is 24.9 Å². The van der Waals surface area contributed by atoms with E-state index in [2.05, 4.69) is 19.2 Å². The second kappa shape index (κ2) is 6.15. The first-order valence-electron chi connectivity index (χ1n) is 8.75. The summed E-state index contributed by atoms with van der Waals surface area (Å²) in [5.41, 5.74) is -0.181. The van der Waals surface area contributed by atoms with Gasteiger partial charge < -0.3 is 19.9 Å². The van der Waals surface area contributed by atoms with Crippen molar-refractivity contribution in [2.45, 2.75) is 88.7 Å². The topological polar surface area (TPSA) is 50.7 Å². The van der Waals surface area contributed by atoms with Crippen LogP contribution in [-0.2, 0) is 9.47 Å². The first-order valence-corrected chi connectivity index (χ1v) is 8.75. The summed E-state index contributed by atoms with van der Waals surface area (Å²) in [6.07, 6.45) is 8.24. The van der Waals surface area contributed by atoms with Gasteiger partial charge in [0.25, 0.3) is 0 Å². The Hall–Kier alpha value is -0.160. The van der Waals surface area contributed by atoms with E-state index < -0.39 is 0 Å². The first kappa shape index (κ1) is 15.7. The molecule has 122 valence electrons. The SMILES string of the molecule is CC(C)C[C@H]1C[C@@H](O)CC2(COC3(CCCCC3)OC2)N1. The monoisotopic (exact) mass is 297 g/mol. The van der Waals surface area contributed by atoms with Crippen LogP contribution in [0.3, 0.4) is 0 Å². The maximum atomic E-state index is 10.3. The predicted octanol–water partition coefficient (Wildman–Crippen LogP) is 2.59. The highest BCUT2D eigenvalue weighted by atomic mass is 16.7. The summed E-state index contributed by atoms with van der Waals surface area (Å²) in [5, 5.41) is 14.0. The molecule has 3 rings (SSSR count). The highest BCUT2D eigenvalue weighted by Gasteiger charge is 2.48. The fourth-order valence-electron chi connectivity index (χ4n) is 4.34. The van der Waals surface area contributed by atoms with Crippen molar-refractivity contribution >= 4 is 0 Å². The fourth-order valence-corrected chi connectivity index (χ4v) is 4.34. The van der Waals surface area contributed by atoms with Gasteiger partial charge in [-0.1, -0.05) is 20.3 Å². The zero-order chi connectivity index (χ0) is 14.9. The summed E-state index contributed by atoms with van der Waals surface area (Å²) in [4.78, 5) is 0. The molecule has 1 saturated carbocycles. The second-order valence-electron chi connectivity index (χ2n) is 7.89. The summed E-state index contributed by atoms with van der Waals surface area (Å²) in [6, 6.07) is 0.376. The highest BCUT2D eigenvalue weighted by Crippen LogP contribution is 2.39. The Kier molecular flexibility index (Phi) is 4.60. The van der Waals surface area contributed by atoms with Crippen LogP contribution in [0.15, 0.2) is 0 Å². The zero-order valence-electron chi connectivity index (χ0n) is 13.6. The molecule has 2 saturated heterocycles. The average Bonchev–Trinajstić information content (AvgIpc) is 2.43. The zero-order valence-corrected chi connectivity index (χ0v) is 13.6. The number of hydrogen-bond acceptors (Lipinski definition) is 4. The van der Waals surface area contributed by atoms with Crippen molar-refractivity contribution in [3.8, 4) is 0 Å². The van der Waals surface area contributed by atoms with E-state index in [4.69, 9.17) is 9.47 Å². The van der Waals surface area contributed by atoms with Crippen LogP contribution in [0.1, 0.15) is 65.2 Å². The summed E-state index contributed by atoms with van der Waals surface area (Å²) >= 11 is 0. The third kappa shape index (κ3) is 3.61. The number of nitrogens with one attached hydrogen (secondary N) is 1. The number of hydrogen-bond donors (Lipinski definition) is 2. The average molecular weight is 297 g/mol. The molecule has 0 aromatic rings. The van der Waals surface area contributed by atoms with Crippen molar-refractivity contribution < 1.29 is 14.6 Å². The Morgan fingerprint density at radius 2 is 1.81 bits per heavy atom. The predicted molar refractivity (Wildman–Crippen MR) is 82.1 cm³/mol. The van der Waals surface area contributed by atoms with E-state index in [0.29, 0.717) is 25.2 Å². The van der Waals surface area contributed by atoms with E-state index in [9.17, 15) is 5.11 Å². The van der Waals surface area contributed by atoms with Gasteiger partial charge in [-0.15, -0.1) is 0 Å². The molecule has 0 amide bonds. The van der Waals surface area contributed by atoms with E-state index in [1.807, 2.05) is 0 Å². The van der Waals surface area contributed by atoms with Crippen molar-refractivity contribution in [2.75, 3.05) is 13.2 Å². The number of aliphatic hydroxyl groups excluding tert-OH is 1. The van der Waals surface area contributed by atoms with Gasteiger partial charge in [0.1, 0.15) is 0 Å². The minimum absolute atomic E-state index is 0.181. The molecular formula is C17H31NO3. The van der Waals surface area contributed by atoms with Gasteiger partial charge in [-0.3, -0.25) is 0 Å². The van der Waals surface area contributed by atoms with Crippen LogP contribution in [-0.4, -0.2) is 41.8 Å². The molecule has 2 spiro atoms. The Bertz CT molecular complexity index is 340. The molecule has 4 heteroatoms. The molecule has 2 heterocycles. The van der Waals surface area contributed by atoms with Gasteiger partial charge >= 0.3 is 0 Å². The standard InChI is InChI=1S/C17H31NO3/c1-13(2)8-14-9-15(19)10-16(18-14)11-20-17(21-12-16)6-4-3-5-7-17/h13-15,18-19H,3-12H2,1-2H3/t14-,15+/m0/s1. The minimum Gasteiger partial charge on any atom is -0.393 e. The van der Waals surface area contributed by atoms with E-state index >= 15 is 0 Å². The molecule has 3 aliphatic rings. The van der Waals surface area contributed by atoms with Gasteiger partial charge in [-0.2, -0.15) is 0 Å². The van der Waals surface area contributed by atoms with Gasteiger partial charge in [-0.05, 0) is 38.0 Å². The maximum Gasteiger partial charge on any atom is 0.168 e. The smallest absolute Gasteiger partial charge is 0.168 e. The molecule has 2 N–H and O–H groups in total. The molecular weight excluding hydrogens is 266 g/mol.